The number of aliphatic hydroxyl groups is 2. The van der Waals surface area contributed by atoms with Crippen molar-refractivity contribution in [2.45, 2.75) is 5.97 Å². The lowest BCUT2D eigenvalue weighted by Gasteiger charge is -2.23. The van der Waals surface area contributed by atoms with E-state index in [1.54, 1.807) is 0 Å². The number of aliphatic hydroxyl groups excluding tert-OH is 1. The minimum Gasteiger partial charge on any atom is -0.394 e. The van der Waals surface area contributed by atoms with Gasteiger partial charge in [0.2, 0.25) is 0 Å². The highest BCUT2D eigenvalue weighted by molar-refractivity contribution is 4.48. The maximum absolute atomic E-state index is 9.20. The zero-order chi connectivity index (χ0) is 8.74. The fraction of sp³-hybridized carbons (Fsp3) is 1.00. The van der Waals surface area contributed by atoms with Crippen molar-refractivity contribution in [3.63, 3.8) is 0 Å². The molecular weight excluding hydrogens is 152 g/mol. The molecule has 68 valence electrons. The van der Waals surface area contributed by atoms with Gasteiger partial charge in [-0.05, 0) is 0 Å². The first-order valence-corrected chi connectivity index (χ1v) is 3.20. The summed E-state index contributed by atoms with van der Waals surface area (Å²) in [6.07, 6.45) is 0. The predicted octanol–water partition coefficient (Wildman–Crippen LogP) is -1.07. The smallest absolute Gasteiger partial charge is 0.304 e. The van der Waals surface area contributed by atoms with Crippen molar-refractivity contribution in [1.29, 1.82) is 0 Å². The molecule has 0 aromatic carbocycles. The van der Waals surface area contributed by atoms with Crippen LogP contribution in [0.25, 0.3) is 0 Å². The molecule has 0 atom stereocenters. The molecule has 0 saturated carbocycles. The van der Waals surface area contributed by atoms with E-state index in [4.69, 9.17) is 9.84 Å². The maximum atomic E-state index is 9.20. The van der Waals surface area contributed by atoms with Gasteiger partial charge in [0, 0.05) is 14.2 Å². The number of hydrogen-bond acceptors (Lipinski definition) is 5. The standard InChI is InChI=1S/C6H14O5/c1-9-6(8,10-2)5-11-4-3-7/h7-8H,3-5H2,1-2H3. The first-order valence-electron chi connectivity index (χ1n) is 3.20. The number of ether oxygens (including phenoxy) is 3. The summed E-state index contributed by atoms with van der Waals surface area (Å²) < 4.78 is 13.9. The van der Waals surface area contributed by atoms with E-state index in [1.807, 2.05) is 0 Å². The zero-order valence-electron chi connectivity index (χ0n) is 6.74. The molecule has 0 spiro atoms. The van der Waals surface area contributed by atoms with Gasteiger partial charge in [0.15, 0.2) is 0 Å². The lowest BCUT2D eigenvalue weighted by atomic mass is 10.6. The van der Waals surface area contributed by atoms with Crippen molar-refractivity contribution in [3.8, 4) is 0 Å². The van der Waals surface area contributed by atoms with Gasteiger partial charge in [0.1, 0.15) is 6.61 Å². The summed E-state index contributed by atoms with van der Waals surface area (Å²) in [5.74, 6) is -1.70. The summed E-state index contributed by atoms with van der Waals surface area (Å²) >= 11 is 0. The normalized spacial score (nSPS) is 12.0. The predicted molar refractivity (Wildman–Crippen MR) is 36.9 cm³/mol. The van der Waals surface area contributed by atoms with E-state index in [9.17, 15) is 5.11 Å². The largest absolute Gasteiger partial charge is 0.394 e. The average molecular weight is 166 g/mol. The molecule has 0 aromatic rings. The van der Waals surface area contributed by atoms with Gasteiger partial charge in [-0.3, -0.25) is 0 Å². The molecule has 0 aliphatic heterocycles. The topological polar surface area (TPSA) is 68.2 Å². The summed E-state index contributed by atoms with van der Waals surface area (Å²) in [6, 6.07) is 0. The van der Waals surface area contributed by atoms with E-state index >= 15 is 0 Å². The van der Waals surface area contributed by atoms with Gasteiger partial charge in [-0.25, -0.2) is 0 Å². The third-order valence-corrected chi connectivity index (χ3v) is 1.16. The summed E-state index contributed by atoms with van der Waals surface area (Å²) in [6.45, 7) is -0.0703. The molecule has 0 aliphatic carbocycles. The average Bonchev–Trinajstić information content (AvgIpc) is 2.05. The Kier molecular flexibility index (Phi) is 5.35. The van der Waals surface area contributed by atoms with Crippen LogP contribution in [0, 0.1) is 0 Å². The van der Waals surface area contributed by atoms with Crippen LogP contribution in [0.1, 0.15) is 0 Å². The summed E-state index contributed by atoms with van der Waals surface area (Å²) in [7, 11) is 2.59. The van der Waals surface area contributed by atoms with E-state index in [0.717, 1.165) is 0 Å². The third kappa shape index (κ3) is 4.28. The molecule has 2 N–H and O–H groups in total. The Hall–Kier alpha value is -0.200. The molecule has 0 aliphatic rings. The summed E-state index contributed by atoms with van der Waals surface area (Å²) in [4.78, 5) is 0. The molecule has 0 unspecified atom stereocenters. The lowest BCUT2D eigenvalue weighted by molar-refractivity contribution is -0.357. The number of rotatable bonds is 6. The molecule has 0 heterocycles. The second-order valence-electron chi connectivity index (χ2n) is 1.90. The van der Waals surface area contributed by atoms with Crippen LogP contribution in [0.5, 0.6) is 0 Å². The minimum absolute atomic E-state index is 0.0937. The van der Waals surface area contributed by atoms with E-state index in [1.165, 1.54) is 14.2 Å². The van der Waals surface area contributed by atoms with Crippen LogP contribution in [-0.4, -0.2) is 50.2 Å². The molecular formula is C6H14O5. The summed E-state index contributed by atoms with van der Waals surface area (Å²) in [5.41, 5.74) is 0. The second kappa shape index (κ2) is 5.45. The molecule has 0 radical (unpaired) electrons. The molecule has 0 aromatic heterocycles. The van der Waals surface area contributed by atoms with Gasteiger partial charge >= 0.3 is 5.97 Å². The van der Waals surface area contributed by atoms with Gasteiger partial charge in [0.25, 0.3) is 0 Å². The van der Waals surface area contributed by atoms with Gasteiger partial charge < -0.3 is 24.4 Å². The molecule has 0 fully saturated rings. The molecule has 0 saturated heterocycles. The lowest BCUT2D eigenvalue weighted by Crippen LogP contribution is -2.38. The quantitative estimate of drug-likeness (QED) is 0.388. The highest BCUT2D eigenvalue weighted by atomic mass is 16.8. The molecule has 0 bridgehead atoms. The zero-order valence-corrected chi connectivity index (χ0v) is 6.74. The van der Waals surface area contributed by atoms with E-state index in [2.05, 4.69) is 9.47 Å². The fourth-order valence-corrected chi connectivity index (χ4v) is 0.467. The van der Waals surface area contributed by atoms with Crippen LogP contribution in [-0.2, 0) is 14.2 Å². The molecule has 0 rings (SSSR count). The van der Waals surface area contributed by atoms with E-state index in [-0.39, 0.29) is 19.8 Å². The Balaban J connectivity index is 3.51. The number of methoxy groups -OCH3 is 2. The van der Waals surface area contributed by atoms with Crippen molar-refractivity contribution < 1.29 is 24.4 Å². The molecule has 11 heavy (non-hydrogen) atoms. The van der Waals surface area contributed by atoms with Crippen molar-refractivity contribution in [3.05, 3.63) is 0 Å². The Morgan fingerprint density at radius 1 is 1.27 bits per heavy atom. The number of hydrogen-bond donors (Lipinski definition) is 2. The van der Waals surface area contributed by atoms with Crippen molar-refractivity contribution >= 4 is 0 Å². The van der Waals surface area contributed by atoms with Crippen molar-refractivity contribution in [2.24, 2.45) is 0 Å². The van der Waals surface area contributed by atoms with Crippen LogP contribution in [0.2, 0.25) is 0 Å². The van der Waals surface area contributed by atoms with Crippen LogP contribution < -0.4 is 0 Å². The van der Waals surface area contributed by atoms with Crippen LogP contribution in [0.15, 0.2) is 0 Å². The second-order valence-corrected chi connectivity index (χ2v) is 1.90. The van der Waals surface area contributed by atoms with Gasteiger partial charge in [-0.15, -0.1) is 0 Å². The Morgan fingerprint density at radius 3 is 2.18 bits per heavy atom. The summed E-state index contributed by atoms with van der Waals surface area (Å²) in [5, 5.41) is 17.5. The Morgan fingerprint density at radius 2 is 1.82 bits per heavy atom. The molecule has 0 amide bonds. The first-order chi connectivity index (χ1) is 5.18. The van der Waals surface area contributed by atoms with Gasteiger partial charge in [-0.1, -0.05) is 0 Å². The van der Waals surface area contributed by atoms with Gasteiger partial charge in [0.05, 0.1) is 13.2 Å². The van der Waals surface area contributed by atoms with Crippen LogP contribution >= 0.6 is 0 Å². The minimum atomic E-state index is -1.70. The third-order valence-electron chi connectivity index (χ3n) is 1.16. The highest BCUT2D eigenvalue weighted by Crippen LogP contribution is 2.05. The van der Waals surface area contributed by atoms with Crippen molar-refractivity contribution in [2.75, 3.05) is 34.0 Å². The van der Waals surface area contributed by atoms with E-state index < -0.39 is 5.97 Å². The Labute approximate surface area is 65.5 Å². The Bertz CT molecular complexity index is 91.0. The molecule has 5 nitrogen and oxygen atoms in total. The fourth-order valence-electron chi connectivity index (χ4n) is 0.467. The van der Waals surface area contributed by atoms with E-state index in [0.29, 0.717) is 0 Å². The van der Waals surface area contributed by atoms with Gasteiger partial charge in [-0.2, -0.15) is 0 Å². The van der Waals surface area contributed by atoms with Crippen LogP contribution in [0.4, 0.5) is 0 Å². The molecule has 5 heteroatoms. The van der Waals surface area contributed by atoms with Crippen molar-refractivity contribution in [1.82, 2.24) is 0 Å². The highest BCUT2D eigenvalue weighted by Gasteiger charge is 2.25. The van der Waals surface area contributed by atoms with Crippen LogP contribution in [0.3, 0.4) is 0 Å². The SMILES string of the molecule is COC(O)(COCCO)OC. The maximum Gasteiger partial charge on any atom is 0.304 e. The first kappa shape index (κ1) is 10.8. The monoisotopic (exact) mass is 166 g/mol.